The number of hydrogen-bond donors (Lipinski definition) is 1. The molecule has 0 aromatic carbocycles. The quantitative estimate of drug-likeness (QED) is 0.877. The summed E-state index contributed by atoms with van der Waals surface area (Å²) in [6, 6.07) is 2.37. The van der Waals surface area contributed by atoms with E-state index >= 15 is 0 Å². The van der Waals surface area contributed by atoms with Crippen molar-refractivity contribution < 1.29 is 8.78 Å². The average Bonchev–Trinajstić information content (AvgIpc) is 2.83. The molecule has 4 nitrogen and oxygen atoms in total. The van der Waals surface area contributed by atoms with Crippen LogP contribution in [-0.4, -0.2) is 33.0 Å². The second-order valence-electron chi connectivity index (χ2n) is 6.80. The van der Waals surface area contributed by atoms with Gasteiger partial charge in [-0.1, -0.05) is 0 Å². The Hall–Kier alpha value is -1.72. The van der Waals surface area contributed by atoms with Crippen LogP contribution in [0.1, 0.15) is 32.1 Å². The van der Waals surface area contributed by atoms with E-state index in [4.69, 9.17) is 0 Å². The maximum atomic E-state index is 13.7. The summed E-state index contributed by atoms with van der Waals surface area (Å²) in [7, 11) is 0. The lowest BCUT2D eigenvalue weighted by atomic mass is 9.87. The molecule has 5 rings (SSSR count). The Morgan fingerprint density at radius 3 is 2.57 bits per heavy atom. The first-order valence-corrected chi connectivity index (χ1v) is 7.54. The minimum Gasteiger partial charge on any atom is -0.350 e. The van der Waals surface area contributed by atoms with Gasteiger partial charge in [-0.05, 0) is 31.7 Å². The molecule has 1 N–H and O–H groups in total. The van der Waals surface area contributed by atoms with E-state index in [0.717, 1.165) is 29.7 Å². The first-order chi connectivity index (χ1) is 10.1. The van der Waals surface area contributed by atoms with E-state index in [9.17, 15) is 8.78 Å². The van der Waals surface area contributed by atoms with Gasteiger partial charge in [-0.15, -0.1) is 0 Å². The second kappa shape index (κ2) is 3.54. The highest BCUT2D eigenvalue weighted by Crippen LogP contribution is 2.69. The van der Waals surface area contributed by atoms with Crippen LogP contribution in [0.25, 0.3) is 11.0 Å². The molecule has 2 atom stereocenters. The number of alkyl halides is 2. The van der Waals surface area contributed by atoms with E-state index in [1.54, 1.807) is 6.33 Å². The summed E-state index contributed by atoms with van der Waals surface area (Å²) in [5.74, 6) is -1.53. The van der Waals surface area contributed by atoms with Gasteiger partial charge in [0.25, 0.3) is 5.92 Å². The summed E-state index contributed by atoms with van der Waals surface area (Å²) < 4.78 is 27.5. The normalized spacial score (nSPS) is 36.6. The molecule has 4 heterocycles. The van der Waals surface area contributed by atoms with Crippen LogP contribution in [0.3, 0.4) is 0 Å². The Bertz CT molecular complexity index is 711. The first kappa shape index (κ1) is 11.9. The lowest BCUT2D eigenvalue weighted by Crippen LogP contribution is -2.45. The molecule has 0 amide bonds. The zero-order valence-corrected chi connectivity index (χ0v) is 11.5. The van der Waals surface area contributed by atoms with Crippen molar-refractivity contribution >= 4 is 16.9 Å². The molecule has 1 aliphatic carbocycles. The summed E-state index contributed by atoms with van der Waals surface area (Å²) in [5, 5.41) is 0.993. The van der Waals surface area contributed by atoms with Crippen molar-refractivity contribution in [3.8, 4) is 0 Å². The van der Waals surface area contributed by atoms with Crippen LogP contribution in [0.2, 0.25) is 0 Å². The fourth-order valence-corrected chi connectivity index (χ4v) is 4.58. The van der Waals surface area contributed by atoms with Gasteiger partial charge in [-0.3, -0.25) is 0 Å². The van der Waals surface area contributed by atoms with Crippen LogP contribution in [0, 0.1) is 5.41 Å². The second-order valence-corrected chi connectivity index (χ2v) is 6.80. The third-order valence-corrected chi connectivity index (χ3v) is 5.66. The zero-order chi connectivity index (χ0) is 14.2. The van der Waals surface area contributed by atoms with Gasteiger partial charge in [0.1, 0.15) is 17.8 Å². The number of H-pyrrole nitrogens is 1. The SMILES string of the molecule is FC1(F)CC12CC1CCC(C2)N1c1ncnc2[nH]ccc12. The van der Waals surface area contributed by atoms with Gasteiger partial charge in [-0.2, -0.15) is 0 Å². The maximum Gasteiger partial charge on any atom is 0.254 e. The van der Waals surface area contributed by atoms with E-state index in [-0.39, 0.29) is 18.5 Å². The third kappa shape index (κ3) is 1.43. The summed E-state index contributed by atoms with van der Waals surface area (Å²) in [5.41, 5.74) is 0.107. The van der Waals surface area contributed by atoms with Crippen LogP contribution < -0.4 is 4.90 Å². The highest BCUT2D eigenvalue weighted by Gasteiger charge is 2.73. The van der Waals surface area contributed by atoms with E-state index in [2.05, 4.69) is 19.9 Å². The Labute approximate surface area is 120 Å². The molecular weight excluding hydrogens is 274 g/mol. The third-order valence-electron chi connectivity index (χ3n) is 5.66. The van der Waals surface area contributed by atoms with Gasteiger partial charge in [0.15, 0.2) is 0 Å². The number of aromatic amines is 1. The van der Waals surface area contributed by atoms with Crippen LogP contribution in [0.5, 0.6) is 0 Å². The molecule has 2 aliphatic heterocycles. The molecule has 1 spiro atoms. The molecular formula is C15H16F2N4. The molecule has 2 saturated heterocycles. The summed E-state index contributed by atoms with van der Waals surface area (Å²) in [4.78, 5) is 14.1. The minimum absolute atomic E-state index is 0.0875. The monoisotopic (exact) mass is 290 g/mol. The van der Waals surface area contributed by atoms with Crippen molar-refractivity contribution in [2.75, 3.05) is 4.90 Å². The molecule has 21 heavy (non-hydrogen) atoms. The van der Waals surface area contributed by atoms with E-state index in [1.165, 1.54) is 0 Å². The van der Waals surface area contributed by atoms with Crippen molar-refractivity contribution in [1.29, 1.82) is 0 Å². The average molecular weight is 290 g/mol. The van der Waals surface area contributed by atoms with Gasteiger partial charge in [0.05, 0.1) is 5.39 Å². The van der Waals surface area contributed by atoms with E-state index < -0.39 is 11.3 Å². The van der Waals surface area contributed by atoms with Crippen molar-refractivity contribution in [3.05, 3.63) is 18.6 Å². The lowest BCUT2D eigenvalue weighted by Gasteiger charge is -2.40. The number of nitrogens with zero attached hydrogens (tertiary/aromatic N) is 3. The van der Waals surface area contributed by atoms with Crippen molar-refractivity contribution in [2.24, 2.45) is 5.41 Å². The maximum absolute atomic E-state index is 13.7. The Morgan fingerprint density at radius 1 is 1.19 bits per heavy atom. The first-order valence-electron chi connectivity index (χ1n) is 7.54. The standard InChI is InChI=1S/C15H16F2N4/c16-15(17)7-14(15)5-9-1-2-10(6-14)21(9)13-11-3-4-18-12(11)19-8-20-13/h3-4,8-10H,1-2,5-7H2,(H,18,19,20). The number of nitrogens with one attached hydrogen (secondary N) is 1. The predicted molar refractivity (Wildman–Crippen MR) is 74.4 cm³/mol. The number of anilines is 1. The van der Waals surface area contributed by atoms with Crippen LogP contribution in [0.4, 0.5) is 14.6 Å². The Kier molecular flexibility index (Phi) is 2.00. The molecule has 2 bridgehead atoms. The topological polar surface area (TPSA) is 44.8 Å². The van der Waals surface area contributed by atoms with Gasteiger partial charge < -0.3 is 9.88 Å². The fourth-order valence-electron chi connectivity index (χ4n) is 4.58. The Balaban J connectivity index is 1.56. The zero-order valence-electron chi connectivity index (χ0n) is 11.5. The lowest BCUT2D eigenvalue weighted by molar-refractivity contribution is 0.0466. The van der Waals surface area contributed by atoms with Crippen LogP contribution in [-0.2, 0) is 0 Å². The highest BCUT2D eigenvalue weighted by molar-refractivity contribution is 5.87. The summed E-state index contributed by atoms with van der Waals surface area (Å²) in [6.45, 7) is 0. The Morgan fingerprint density at radius 2 is 1.90 bits per heavy atom. The van der Waals surface area contributed by atoms with Gasteiger partial charge in [-0.25, -0.2) is 18.7 Å². The highest BCUT2D eigenvalue weighted by atomic mass is 19.3. The molecule has 2 unspecified atom stereocenters. The predicted octanol–water partition coefficient (Wildman–Crippen LogP) is 3.11. The molecule has 3 fully saturated rings. The van der Waals surface area contributed by atoms with Gasteiger partial charge in [0, 0.05) is 30.1 Å². The summed E-state index contributed by atoms with van der Waals surface area (Å²) in [6.07, 6.45) is 6.70. The van der Waals surface area contributed by atoms with Crippen molar-refractivity contribution in [2.45, 2.75) is 50.1 Å². The number of halogens is 2. The smallest absolute Gasteiger partial charge is 0.254 e. The largest absolute Gasteiger partial charge is 0.350 e. The van der Waals surface area contributed by atoms with Gasteiger partial charge in [0.2, 0.25) is 0 Å². The molecule has 110 valence electrons. The van der Waals surface area contributed by atoms with Crippen molar-refractivity contribution in [1.82, 2.24) is 15.0 Å². The molecule has 2 aromatic heterocycles. The van der Waals surface area contributed by atoms with Gasteiger partial charge >= 0.3 is 0 Å². The number of rotatable bonds is 1. The molecule has 2 aromatic rings. The number of piperidine rings is 1. The number of aromatic nitrogens is 3. The van der Waals surface area contributed by atoms with E-state index in [1.807, 2.05) is 12.3 Å². The molecule has 3 aliphatic rings. The fraction of sp³-hybridized carbons (Fsp3) is 0.600. The van der Waals surface area contributed by atoms with Crippen molar-refractivity contribution in [3.63, 3.8) is 0 Å². The van der Waals surface area contributed by atoms with Crippen LogP contribution in [0.15, 0.2) is 18.6 Å². The minimum atomic E-state index is -2.44. The number of fused-ring (bicyclic) bond motifs is 3. The molecule has 1 saturated carbocycles. The molecule has 0 radical (unpaired) electrons. The van der Waals surface area contributed by atoms with Crippen LogP contribution >= 0.6 is 0 Å². The molecule has 6 heteroatoms. The summed E-state index contributed by atoms with van der Waals surface area (Å²) >= 11 is 0. The van der Waals surface area contributed by atoms with E-state index in [0.29, 0.717) is 12.8 Å². The number of hydrogen-bond acceptors (Lipinski definition) is 3.